The fourth-order valence-corrected chi connectivity index (χ4v) is 4.43. The van der Waals surface area contributed by atoms with E-state index in [2.05, 4.69) is 31.0 Å². The highest BCUT2D eigenvalue weighted by molar-refractivity contribution is 7.18. The second-order valence-corrected chi connectivity index (χ2v) is 6.77. The second-order valence-electron chi connectivity index (χ2n) is 4.92. The average molecular weight is 336 g/mol. The molecule has 108 valence electrons. The SMILES string of the molecule is CCc1c(C)sc2nc(CCl)c(Cl)c(-c3ccccc3)c12. The van der Waals surface area contributed by atoms with Gasteiger partial charge in [-0.2, -0.15) is 0 Å². The summed E-state index contributed by atoms with van der Waals surface area (Å²) in [6.45, 7) is 4.32. The lowest BCUT2D eigenvalue weighted by molar-refractivity contribution is 1.15. The van der Waals surface area contributed by atoms with Gasteiger partial charge in [-0.05, 0) is 24.5 Å². The number of fused-ring (bicyclic) bond motifs is 1. The van der Waals surface area contributed by atoms with Crippen molar-refractivity contribution in [3.8, 4) is 11.1 Å². The molecule has 0 amide bonds. The number of rotatable bonds is 3. The van der Waals surface area contributed by atoms with Gasteiger partial charge in [0, 0.05) is 15.8 Å². The van der Waals surface area contributed by atoms with Gasteiger partial charge in [-0.15, -0.1) is 22.9 Å². The molecule has 4 heteroatoms. The molecule has 2 aromatic heterocycles. The summed E-state index contributed by atoms with van der Waals surface area (Å²) in [5.74, 6) is 0.326. The van der Waals surface area contributed by atoms with Crippen LogP contribution in [0.2, 0.25) is 5.02 Å². The molecule has 1 aromatic carbocycles. The van der Waals surface area contributed by atoms with E-state index in [1.165, 1.54) is 15.8 Å². The van der Waals surface area contributed by atoms with E-state index in [0.29, 0.717) is 10.9 Å². The maximum absolute atomic E-state index is 6.62. The molecule has 0 fully saturated rings. The Kier molecular flexibility index (Phi) is 4.21. The number of hydrogen-bond acceptors (Lipinski definition) is 2. The summed E-state index contributed by atoms with van der Waals surface area (Å²) in [5, 5.41) is 1.86. The topological polar surface area (TPSA) is 12.9 Å². The first-order valence-corrected chi connectivity index (χ1v) is 8.62. The molecule has 0 atom stereocenters. The van der Waals surface area contributed by atoms with Crippen LogP contribution >= 0.6 is 34.5 Å². The standard InChI is InChI=1S/C17H15Cl2NS/c1-3-12-10(2)21-17-15(12)14(11-7-5-4-6-8-11)16(19)13(9-18)20-17/h4-8H,3,9H2,1-2H3. The first-order valence-electron chi connectivity index (χ1n) is 6.89. The molecule has 3 aromatic rings. The summed E-state index contributed by atoms with van der Waals surface area (Å²) in [6, 6.07) is 10.3. The van der Waals surface area contributed by atoms with Gasteiger partial charge in [0.1, 0.15) is 4.83 Å². The van der Waals surface area contributed by atoms with Crippen LogP contribution in [0, 0.1) is 6.92 Å². The molecule has 0 aliphatic rings. The molecule has 3 rings (SSSR count). The van der Waals surface area contributed by atoms with Crippen LogP contribution in [-0.2, 0) is 12.3 Å². The third-order valence-electron chi connectivity index (χ3n) is 3.69. The average Bonchev–Trinajstić information content (AvgIpc) is 2.82. The molecule has 0 aliphatic heterocycles. The van der Waals surface area contributed by atoms with E-state index < -0.39 is 0 Å². The third-order valence-corrected chi connectivity index (χ3v) is 5.39. The first-order chi connectivity index (χ1) is 10.2. The molecule has 21 heavy (non-hydrogen) atoms. The van der Waals surface area contributed by atoms with Gasteiger partial charge in [0.25, 0.3) is 0 Å². The molecule has 0 saturated carbocycles. The Labute approximate surface area is 138 Å². The maximum Gasteiger partial charge on any atom is 0.124 e. The summed E-state index contributed by atoms with van der Waals surface area (Å²) in [6.07, 6.45) is 0.976. The zero-order valence-corrected chi connectivity index (χ0v) is 14.2. The van der Waals surface area contributed by atoms with Crippen molar-refractivity contribution in [2.45, 2.75) is 26.1 Å². The molecule has 0 N–H and O–H groups in total. The molecular formula is C17H15Cl2NS. The number of halogens is 2. The number of nitrogens with zero attached hydrogens (tertiary/aromatic N) is 1. The minimum absolute atomic E-state index is 0.326. The van der Waals surface area contributed by atoms with Gasteiger partial charge in [-0.25, -0.2) is 4.98 Å². The predicted molar refractivity (Wildman–Crippen MR) is 93.7 cm³/mol. The molecular weight excluding hydrogens is 321 g/mol. The third kappa shape index (κ3) is 2.46. The van der Waals surface area contributed by atoms with Gasteiger partial charge in [-0.3, -0.25) is 0 Å². The number of alkyl halides is 1. The highest BCUT2D eigenvalue weighted by Gasteiger charge is 2.19. The van der Waals surface area contributed by atoms with Crippen LogP contribution in [0.5, 0.6) is 0 Å². The first kappa shape index (κ1) is 14.8. The van der Waals surface area contributed by atoms with E-state index in [-0.39, 0.29) is 0 Å². The summed E-state index contributed by atoms with van der Waals surface area (Å²) >= 11 is 14.4. The van der Waals surface area contributed by atoms with Crippen molar-refractivity contribution in [3.63, 3.8) is 0 Å². The van der Waals surface area contributed by atoms with E-state index >= 15 is 0 Å². The number of hydrogen-bond donors (Lipinski definition) is 0. The number of aromatic nitrogens is 1. The smallest absolute Gasteiger partial charge is 0.124 e. The second kappa shape index (κ2) is 5.96. The van der Waals surface area contributed by atoms with Gasteiger partial charge in [0.05, 0.1) is 16.6 Å². The molecule has 0 saturated heterocycles. The lowest BCUT2D eigenvalue weighted by Crippen LogP contribution is -1.93. The van der Waals surface area contributed by atoms with E-state index in [4.69, 9.17) is 23.2 Å². The highest BCUT2D eigenvalue weighted by Crippen LogP contribution is 2.42. The van der Waals surface area contributed by atoms with Gasteiger partial charge < -0.3 is 0 Å². The number of aryl methyl sites for hydroxylation is 2. The normalized spacial score (nSPS) is 11.2. The van der Waals surface area contributed by atoms with Crippen LogP contribution < -0.4 is 0 Å². The van der Waals surface area contributed by atoms with Crippen LogP contribution in [-0.4, -0.2) is 4.98 Å². The van der Waals surface area contributed by atoms with Crippen LogP contribution in [0.25, 0.3) is 21.3 Å². The molecule has 0 spiro atoms. The fourth-order valence-electron chi connectivity index (χ4n) is 2.72. The lowest BCUT2D eigenvalue weighted by Gasteiger charge is -2.11. The quantitative estimate of drug-likeness (QED) is 0.517. The van der Waals surface area contributed by atoms with Gasteiger partial charge in [-0.1, -0.05) is 48.9 Å². The van der Waals surface area contributed by atoms with Crippen molar-refractivity contribution in [2.24, 2.45) is 0 Å². The van der Waals surface area contributed by atoms with Crippen LogP contribution in [0.1, 0.15) is 23.1 Å². The van der Waals surface area contributed by atoms with E-state index in [0.717, 1.165) is 28.1 Å². The minimum atomic E-state index is 0.326. The van der Waals surface area contributed by atoms with Crippen LogP contribution in [0.15, 0.2) is 30.3 Å². The summed E-state index contributed by atoms with van der Waals surface area (Å²) in [4.78, 5) is 7.00. The van der Waals surface area contributed by atoms with Crippen molar-refractivity contribution < 1.29 is 0 Å². The number of thiophene rings is 1. The Bertz CT molecular complexity index is 794. The van der Waals surface area contributed by atoms with E-state index in [9.17, 15) is 0 Å². The molecule has 0 unspecified atom stereocenters. The van der Waals surface area contributed by atoms with Crippen molar-refractivity contribution in [3.05, 3.63) is 51.5 Å². The Morgan fingerprint density at radius 2 is 1.90 bits per heavy atom. The van der Waals surface area contributed by atoms with Crippen molar-refractivity contribution in [1.82, 2.24) is 4.98 Å². The molecule has 0 radical (unpaired) electrons. The Hall–Kier alpha value is -1.09. The predicted octanol–water partition coefficient (Wildman–Crippen LogP) is 6.23. The highest BCUT2D eigenvalue weighted by atomic mass is 35.5. The van der Waals surface area contributed by atoms with Crippen LogP contribution in [0.3, 0.4) is 0 Å². The fraction of sp³-hybridized carbons (Fsp3) is 0.235. The van der Waals surface area contributed by atoms with Gasteiger partial charge in [0.15, 0.2) is 0 Å². The molecule has 2 heterocycles. The summed E-state index contributed by atoms with van der Waals surface area (Å²) < 4.78 is 0. The largest absolute Gasteiger partial charge is 0.239 e. The Morgan fingerprint density at radius 3 is 2.52 bits per heavy atom. The zero-order valence-electron chi connectivity index (χ0n) is 11.9. The van der Waals surface area contributed by atoms with Gasteiger partial charge in [0.2, 0.25) is 0 Å². The van der Waals surface area contributed by atoms with Crippen molar-refractivity contribution in [2.75, 3.05) is 0 Å². The summed E-state index contributed by atoms with van der Waals surface area (Å²) in [7, 11) is 0. The lowest BCUT2D eigenvalue weighted by atomic mass is 9.98. The van der Waals surface area contributed by atoms with Crippen molar-refractivity contribution >= 4 is 44.8 Å². The molecule has 1 nitrogen and oxygen atoms in total. The molecule has 0 aliphatic carbocycles. The number of benzene rings is 1. The van der Waals surface area contributed by atoms with Gasteiger partial charge >= 0.3 is 0 Å². The van der Waals surface area contributed by atoms with E-state index in [1.807, 2.05) is 18.2 Å². The molecule has 0 bridgehead atoms. The zero-order chi connectivity index (χ0) is 15.0. The minimum Gasteiger partial charge on any atom is -0.239 e. The maximum atomic E-state index is 6.62. The Balaban J connectivity index is 2.47. The number of pyridine rings is 1. The Morgan fingerprint density at radius 1 is 1.19 bits per heavy atom. The van der Waals surface area contributed by atoms with E-state index in [1.54, 1.807) is 11.3 Å². The van der Waals surface area contributed by atoms with Crippen molar-refractivity contribution in [1.29, 1.82) is 0 Å². The monoisotopic (exact) mass is 335 g/mol. The van der Waals surface area contributed by atoms with Crippen LogP contribution in [0.4, 0.5) is 0 Å². The summed E-state index contributed by atoms with van der Waals surface area (Å²) in [5.41, 5.74) is 4.28.